The molecule has 1 aromatic carbocycles. The van der Waals surface area contributed by atoms with Crippen LogP contribution in [-0.2, 0) is 0 Å². The summed E-state index contributed by atoms with van der Waals surface area (Å²) in [7, 11) is 0. The Morgan fingerprint density at radius 3 is 2.44 bits per heavy atom. The quantitative estimate of drug-likeness (QED) is 0.603. The van der Waals surface area contributed by atoms with Crippen molar-refractivity contribution in [2.75, 3.05) is 18.8 Å². The average Bonchev–Trinajstić information content (AvgIpc) is 2.24. The number of rotatable bonds is 6. The molecule has 0 unspecified atom stereocenters. The van der Waals surface area contributed by atoms with Crippen LogP contribution >= 0.6 is 11.8 Å². The lowest BCUT2D eigenvalue weighted by Crippen LogP contribution is -2.22. The van der Waals surface area contributed by atoms with Gasteiger partial charge in [0.1, 0.15) is 0 Å². The molecule has 0 saturated carbocycles. The zero-order valence-corrected chi connectivity index (χ0v) is 13.3. The standard InChI is InChI=1S/C16H27NS/c1-13-6-7-15(14(2)12-13)18-11-10-17-9-8-16(3,4)5/h6-7,12,17H,8-11H2,1-5H3. The number of benzene rings is 1. The topological polar surface area (TPSA) is 12.0 Å². The summed E-state index contributed by atoms with van der Waals surface area (Å²) in [4.78, 5) is 1.42. The molecule has 0 aliphatic carbocycles. The van der Waals surface area contributed by atoms with Crippen LogP contribution in [0.2, 0.25) is 0 Å². The van der Waals surface area contributed by atoms with E-state index in [9.17, 15) is 0 Å². The molecule has 1 aromatic rings. The van der Waals surface area contributed by atoms with Crippen LogP contribution in [0, 0.1) is 19.3 Å². The van der Waals surface area contributed by atoms with Crippen molar-refractivity contribution in [3.8, 4) is 0 Å². The van der Waals surface area contributed by atoms with Gasteiger partial charge in [0, 0.05) is 17.2 Å². The highest BCUT2D eigenvalue weighted by Gasteiger charge is 2.08. The van der Waals surface area contributed by atoms with Gasteiger partial charge in [-0.1, -0.05) is 38.5 Å². The van der Waals surface area contributed by atoms with Crippen LogP contribution in [0.25, 0.3) is 0 Å². The first-order chi connectivity index (χ1) is 8.38. The molecule has 18 heavy (non-hydrogen) atoms. The maximum absolute atomic E-state index is 3.52. The number of nitrogens with one attached hydrogen (secondary N) is 1. The van der Waals surface area contributed by atoms with E-state index in [1.54, 1.807) is 0 Å². The van der Waals surface area contributed by atoms with Crippen LogP contribution in [0.1, 0.15) is 38.3 Å². The molecule has 0 radical (unpaired) electrons. The summed E-state index contributed by atoms with van der Waals surface area (Å²) >= 11 is 1.95. The van der Waals surface area contributed by atoms with Crippen molar-refractivity contribution in [1.29, 1.82) is 0 Å². The third-order valence-electron chi connectivity index (χ3n) is 2.92. The van der Waals surface area contributed by atoms with E-state index in [0.29, 0.717) is 5.41 Å². The third kappa shape index (κ3) is 6.46. The number of hydrogen-bond acceptors (Lipinski definition) is 2. The predicted octanol–water partition coefficient (Wildman–Crippen LogP) is 4.42. The molecule has 0 fully saturated rings. The van der Waals surface area contributed by atoms with Gasteiger partial charge in [0.05, 0.1) is 0 Å². The van der Waals surface area contributed by atoms with Gasteiger partial charge in [0.2, 0.25) is 0 Å². The summed E-state index contributed by atoms with van der Waals surface area (Å²) in [6.07, 6.45) is 1.24. The Balaban J connectivity index is 2.18. The predicted molar refractivity (Wildman–Crippen MR) is 83.6 cm³/mol. The van der Waals surface area contributed by atoms with Crippen molar-refractivity contribution < 1.29 is 0 Å². The lowest BCUT2D eigenvalue weighted by atomic mass is 9.92. The molecule has 0 spiro atoms. The molecule has 1 rings (SSSR count). The molecule has 1 nitrogen and oxygen atoms in total. The second-order valence-corrected chi connectivity index (χ2v) is 7.31. The van der Waals surface area contributed by atoms with Crippen LogP contribution < -0.4 is 5.32 Å². The van der Waals surface area contributed by atoms with Gasteiger partial charge in [-0.2, -0.15) is 0 Å². The van der Waals surface area contributed by atoms with Crippen molar-refractivity contribution >= 4 is 11.8 Å². The fourth-order valence-electron chi connectivity index (χ4n) is 1.78. The van der Waals surface area contributed by atoms with E-state index in [2.05, 4.69) is 58.1 Å². The maximum atomic E-state index is 3.52. The molecule has 1 N–H and O–H groups in total. The summed E-state index contributed by atoms with van der Waals surface area (Å²) < 4.78 is 0. The zero-order valence-electron chi connectivity index (χ0n) is 12.5. The van der Waals surface area contributed by atoms with E-state index in [-0.39, 0.29) is 0 Å². The molecule has 102 valence electrons. The van der Waals surface area contributed by atoms with Gasteiger partial charge in [-0.05, 0) is 43.9 Å². The van der Waals surface area contributed by atoms with E-state index in [0.717, 1.165) is 18.8 Å². The number of thioether (sulfide) groups is 1. The Morgan fingerprint density at radius 2 is 1.83 bits per heavy atom. The van der Waals surface area contributed by atoms with E-state index < -0.39 is 0 Å². The van der Waals surface area contributed by atoms with Gasteiger partial charge in [0.15, 0.2) is 0 Å². The summed E-state index contributed by atoms with van der Waals surface area (Å²) in [5.41, 5.74) is 3.18. The summed E-state index contributed by atoms with van der Waals surface area (Å²) in [5.74, 6) is 1.15. The Labute approximate surface area is 117 Å². The van der Waals surface area contributed by atoms with Gasteiger partial charge >= 0.3 is 0 Å². The lowest BCUT2D eigenvalue weighted by molar-refractivity contribution is 0.369. The summed E-state index contributed by atoms with van der Waals surface area (Å²) in [5, 5.41) is 3.52. The molecule has 0 amide bonds. The van der Waals surface area contributed by atoms with Crippen LogP contribution in [0.4, 0.5) is 0 Å². The second-order valence-electron chi connectivity index (χ2n) is 6.18. The van der Waals surface area contributed by atoms with Gasteiger partial charge in [-0.25, -0.2) is 0 Å². The third-order valence-corrected chi connectivity index (χ3v) is 4.10. The van der Waals surface area contributed by atoms with Crippen LogP contribution in [0.15, 0.2) is 23.1 Å². The molecule has 2 heteroatoms. The number of aryl methyl sites for hydroxylation is 2. The van der Waals surface area contributed by atoms with E-state index in [4.69, 9.17) is 0 Å². The highest BCUT2D eigenvalue weighted by atomic mass is 32.2. The van der Waals surface area contributed by atoms with Crippen molar-refractivity contribution in [3.63, 3.8) is 0 Å². The first kappa shape index (κ1) is 15.6. The minimum absolute atomic E-state index is 0.438. The van der Waals surface area contributed by atoms with Crippen molar-refractivity contribution in [2.24, 2.45) is 5.41 Å². The minimum atomic E-state index is 0.438. The molecule has 0 saturated heterocycles. The minimum Gasteiger partial charge on any atom is -0.316 e. The van der Waals surface area contributed by atoms with E-state index in [1.165, 1.54) is 22.4 Å². The first-order valence-corrected chi connectivity index (χ1v) is 7.78. The Bertz CT molecular complexity index is 366. The fraction of sp³-hybridized carbons (Fsp3) is 0.625. The zero-order chi connectivity index (χ0) is 13.6. The second kappa shape index (κ2) is 7.20. The normalized spacial score (nSPS) is 11.8. The largest absolute Gasteiger partial charge is 0.316 e. The molecule has 0 atom stereocenters. The maximum Gasteiger partial charge on any atom is 0.0106 e. The first-order valence-electron chi connectivity index (χ1n) is 6.79. The van der Waals surface area contributed by atoms with Crippen molar-refractivity contribution in [3.05, 3.63) is 29.3 Å². The SMILES string of the molecule is Cc1ccc(SCCNCCC(C)(C)C)c(C)c1. The number of hydrogen-bond donors (Lipinski definition) is 1. The molecule has 0 aromatic heterocycles. The molecule has 0 heterocycles. The molecule has 0 aliphatic heterocycles. The smallest absolute Gasteiger partial charge is 0.0106 e. The molecule has 0 aliphatic rings. The summed E-state index contributed by atoms with van der Waals surface area (Å²) in [6, 6.07) is 6.70. The highest BCUT2D eigenvalue weighted by Crippen LogP contribution is 2.22. The monoisotopic (exact) mass is 265 g/mol. The molecular formula is C16H27NS. The van der Waals surface area contributed by atoms with Gasteiger partial charge < -0.3 is 5.32 Å². The van der Waals surface area contributed by atoms with Crippen molar-refractivity contribution in [2.45, 2.75) is 45.9 Å². The Hall–Kier alpha value is -0.470. The van der Waals surface area contributed by atoms with Crippen molar-refractivity contribution in [1.82, 2.24) is 5.32 Å². The van der Waals surface area contributed by atoms with Gasteiger partial charge in [-0.3, -0.25) is 0 Å². The van der Waals surface area contributed by atoms with Crippen LogP contribution in [0.5, 0.6) is 0 Å². The fourth-order valence-corrected chi connectivity index (χ4v) is 2.70. The average molecular weight is 265 g/mol. The lowest BCUT2D eigenvalue weighted by Gasteiger charge is -2.18. The van der Waals surface area contributed by atoms with E-state index >= 15 is 0 Å². The van der Waals surface area contributed by atoms with Gasteiger partial charge in [0.25, 0.3) is 0 Å². The Morgan fingerprint density at radius 1 is 1.11 bits per heavy atom. The summed E-state index contributed by atoms with van der Waals surface area (Å²) in [6.45, 7) is 13.4. The van der Waals surface area contributed by atoms with Gasteiger partial charge in [-0.15, -0.1) is 11.8 Å². The van der Waals surface area contributed by atoms with Crippen LogP contribution in [-0.4, -0.2) is 18.8 Å². The molecule has 0 bridgehead atoms. The van der Waals surface area contributed by atoms with Crippen LogP contribution in [0.3, 0.4) is 0 Å². The Kier molecular flexibility index (Phi) is 6.24. The molecular weight excluding hydrogens is 238 g/mol. The van der Waals surface area contributed by atoms with E-state index in [1.807, 2.05) is 11.8 Å². The highest BCUT2D eigenvalue weighted by molar-refractivity contribution is 7.99.